The molecule has 6 N–H and O–H groups in total. The predicted molar refractivity (Wildman–Crippen MR) is 315 cm³/mol. The average molecular weight is 1070 g/mol. The molecule has 11 heteroatoms. The number of hydrogen-bond donors (Lipinski definition) is 6. The quantitative estimate of drug-likeness (QED) is 0.0195. The van der Waals surface area contributed by atoms with Gasteiger partial charge >= 0.3 is 5.97 Å². The van der Waals surface area contributed by atoms with E-state index in [9.17, 15) is 35.1 Å². The van der Waals surface area contributed by atoms with Gasteiger partial charge in [-0.2, -0.15) is 0 Å². The third-order valence-corrected chi connectivity index (χ3v) is 14.6. The van der Waals surface area contributed by atoms with Gasteiger partial charge in [-0.05, 0) is 103 Å². The van der Waals surface area contributed by atoms with Gasteiger partial charge in [0.05, 0.1) is 32.0 Å². The van der Waals surface area contributed by atoms with Crippen molar-refractivity contribution in [1.29, 1.82) is 0 Å². The van der Waals surface area contributed by atoms with E-state index in [1.165, 1.54) is 167 Å². The molecule has 0 saturated carbocycles. The lowest BCUT2D eigenvalue weighted by Gasteiger charge is -2.40. The van der Waals surface area contributed by atoms with Crippen molar-refractivity contribution < 1.29 is 49.3 Å². The minimum Gasteiger partial charge on any atom is -0.466 e. The normalized spacial score (nSPS) is 19.1. The Morgan fingerprint density at radius 1 is 0.487 bits per heavy atom. The molecule has 7 unspecified atom stereocenters. The maximum absolute atomic E-state index is 13.0. The molecule has 442 valence electrons. The van der Waals surface area contributed by atoms with Crippen molar-refractivity contribution >= 4 is 11.9 Å². The number of carbonyl (C=O) groups is 2. The summed E-state index contributed by atoms with van der Waals surface area (Å²) in [5.74, 6) is -0.214. The number of carbonyl (C=O) groups excluding carboxylic acids is 2. The molecule has 0 radical (unpaired) electrons. The molecule has 1 amide bonds. The average Bonchev–Trinajstić information content (AvgIpc) is 3.42. The second-order valence-corrected chi connectivity index (χ2v) is 21.7. The van der Waals surface area contributed by atoms with Gasteiger partial charge in [0.25, 0.3) is 0 Å². The summed E-state index contributed by atoms with van der Waals surface area (Å²) in [4.78, 5) is 25.1. The first-order valence-corrected chi connectivity index (χ1v) is 31.6. The number of ether oxygens (including phenoxy) is 3. The maximum atomic E-state index is 13.0. The first-order chi connectivity index (χ1) is 37.2. The molecule has 0 spiro atoms. The smallest absolute Gasteiger partial charge is 0.305 e. The third kappa shape index (κ3) is 43.3. The molecular weight excluding hydrogens is 955 g/mol. The lowest BCUT2D eigenvalue weighted by molar-refractivity contribution is -0.302. The standard InChI is InChI=1S/C65H117NO10/c1-3-5-7-9-11-13-14-15-16-23-27-30-33-37-41-45-49-53-61(70)74-54-50-46-42-38-34-31-28-25-22-20-18-17-19-21-24-26-29-32-36-40-44-48-52-60(69)66-57(58(68)51-47-43-39-35-12-10-8-6-4-2)56-75-65-64(73)63(72)62(71)59(55-67)76-65/h11-13,15-16,19,21,35,47,51,57-59,62-65,67-68,71-73H,3-10,14,17-18,20,22-34,36-46,48-50,52-56H2,1-2H3,(H,66,69)/b13-11-,16-15-,21-19-,35-12+,51-47+. The van der Waals surface area contributed by atoms with Crippen LogP contribution in [0.5, 0.6) is 0 Å². The van der Waals surface area contributed by atoms with Gasteiger partial charge < -0.3 is 45.1 Å². The van der Waals surface area contributed by atoms with Gasteiger partial charge in [0.2, 0.25) is 5.91 Å². The van der Waals surface area contributed by atoms with Gasteiger partial charge in [0, 0.05) is 12.8 Å². The van der Waals surface area contributed by atoms with Crippen LogP contribution in [0.4, 0.5) is 0 Å². The van der Waals surface area contributed by atoms with Gasteiger partial charge in [0.1, 0.15) is 24.4 Å². The van der Waals surface area contributed by atoms with Crippen LogP contribution >= 0.6 is 0 Å². The Kier molecular flexibility index (Phi) is 51.0. The van der Waals surface area contributed by atoms with Crippen LogP contribution in [0.25, 0.3) is 0 Å². The Balaban J connectivity index is 1.99. The van der Waals surface area contributed by atoms with E-state index in [1.54, 1.807) is 6.08 Å². The monoisotopic (exact) mass is 1070 g/mol. The molecule has 7 atom stereocenters. The Morgan fingerprint density at radius 2 is 0.895 bits per heavy atom. The van der Waals surface area contributed by atoms with Crippen molar-refractivity contribution in [3.05, 3.63) is 60.8 Å². The van der Waals surface area contributed by atoms with Crippen molar-refractivity contribution in [3.63, 3.8) is 0 Å². The highest BCUT2D eigenvalue weighted by Crippen LogP contribution is 2.23. The minimum atomic E-state index is -1.58. The number of aliphatic hydroxyl groups is 5. The molecule has 1 heterocycles. The summed E-state index contributed by atoms with van der Waals surface area (Å²) in [6, 6.07) is -0.832. The second kappa shape index (κ2) is 54.3. The Hall–Kier alpha value is -2.64. The highest BCUT2D eigenvalue weighted by Gasteiger charge is 2.44. The van der Waals surface area contributed by atoms with Crippen LogP contribution in [0.15, 0.2) is 60.8 Å². The van der Waals surface area contributed by atoms with Crippen LogP contribution in [-0.4, -0.2) is 100 Å². The topological polar surface area (TPSA) is 175 Å². The van der Waals surface area contributed by atoms with Crippen molar-refractivity contribution in [2.75, 3.05) is 19.8 Å². The van der Waals surface area contributed by atoms with E-state index >= 15 is 0 Å². The van der Waals surface area contributed by atoms with Crippen LogP contribution in [0.3, 0.4) is 0 Å². The number of nitrogens with one attached hydrogen (secondary N) is 1. The van der Waals surface area contributed by atoms with E-state index < -0.39 is 49.5 Å². The van der Waals surface area contributed by atoms with Crippen LogP contribution in [0.1, 0.15) is 277 Å². The summed E-state index contributed by atoms with van der Waals surface area (Å²) in [5.41, 5.74) is 0. The molecule has 1 aliphatic rings. The molecule has 0 aromatic rings. The molecular formula is C65H117NO10. The highest BCUT2D eigenvalue weighted by molar-refractivity contribution is 5.76. The number of rotatable bonds is 54. The zero-order chi connectivity index (χ0) is 55.2. The van der Waals surface area contributed by atoms with Crippen LogP contribution in [0, 0.1) is 0 Å². The zero-order valence-corrected chi connectivity index (χ0v) is 48.7. The number of amides is 1. The van der Waals surface area contributed by atoms with Gasteiger partial charge in [0.15, 0.2) is 6.29 Å². The summed E-state index contributed by atoms with van der Waals surface area (Å²) in [6.45, 7) is 4.24. The fourth-order valence-electron chi connectivity index (χ4n) is 9.53. The van der Waals surface area contributed by atoms with E-state index in [1.807, 2.05) is 6.08 Å². The molecule has 0 bridgehead atoms. The summed E-state index contributed by atoms with van der Waals surface area (Å²) in [6.07, 6.45) is 60.6. The van der Waals surface area contributed by atoms with E-state index in [4.69, 9.17) is 14.2 Å². The van der Waals surface area contributed by atoms with E-state index in [0.717, 1.165) is 83.5 Å². The van der Waals surface area contributed by atoms with Crippen LogP contribution in [0.2, 0.25) is 0 Å². The molecule has 0 aliphatic carbocycles. The number of aliphatic hydroxyl groups excluding tert-OH is 5. The molecule has 1 saturated heterocycles. The number of esters is 1. The molecule has 1 aliphatic heterocycles. The summed E-state index contributed by atoms with van der Waals surface area (Å²) < 4.78 is 16.7. The van der Waals surface area contributed by atoms with Crippen molar-refractivity contribution in [2.24, 2.45) is 0 Å². The summed E-state index contributed by atoms with van der Waals surface area (Å²) in [7, 11) is 0. The second-order valence-electron chi connectivity index (χ2n) is 21.7. The summed E-state index contributed by atoms with van der Waals surface area (Å²) in [5, 5.41) is 54.2. The number of allylic oxidation sites excluding steroid dienone is 9. The Labute approximate surface area is 465 Å². The fourth-order valence-corrected chi connectivity index (χ4v) is 9.53. The minimum absolute atomic E-state index is 0.0114. The maximum Gasteiger partial charge on any atom is 0.305 e. The highest BCUT2D eigenvalue weighted by atomic mass is 16.7. The van der Waals surface area contributed by atoms with Crippen molar-refractivity contribution in [2.45, 2.75) is 320 Å². The molecule has 0 aromatic heterocycles. The lowest BCUT2D eigenvalue weighted by Crippen LogP contribution is -2.60. The van der Waals surface area contributed by atoms with E-state index in [2.05, 4.69) is 67.8 Å². The fraction of sp³-hybridized carbons (Fsp3) is 0.815. The lowest BCUT2D eigenvalue weighted by atomic mass is 9.99. The molecule has 1 fully saturated rings. The van der Waals surface area contributed by atoms with Crippen LogP contribution in [-0.2, 0) is 23.8 Å². The zero-order valence-electron chi connectivity index (χ0n) is 48.7. The van der Waals surface area contributed by atoms with Gasteiger partial charge in [-0.15, -0.1) is 0 Å². The van der Waals surface area contributed by atoms with Crippen molar-refractivity contribution in [3.8, 4) is 0 Å². The SMILES string of the molecule is CCCCC/C=C\C/C=C\CCCCCCCCCC(=O)OCCCCCCCCCCCCC/C=C\CCCCCCCCCC(=O)NC(COC1OC(CO)C(O)C(O)C1O)C(O)/C=C/CC/C=C/CCCCC. The van der Waals surface area contributed by atoms with Gasteiger partial charge in [-0.3, -0.25) is 9.59 Å². The van der Waals surface area contributed by atoms with Crippen LogP contribution < -0.4 is 5.32 Å². The number of unbranched alkanes of at least 4 members (excludes halogenated alkanes) is 32. The summed E-state index contributed by atoms with van der Waals surface area (Å²) >= 11 is 0. The molecule has 11 nitrogen and oxygen atoms in total. The van der Waals surface area contributed by atoms with Gasteiger partial charge in [-0.25, -0.2) is 0 Å². The first kappa shape index (κ1) is 71.4. The largest absolute Gasteiger partial charge is 0.466 e. The van der Waals surface area contributed by atoms with Crippen molar-refractivity contribution in [1.82, 2.24) is 5.32 Å². The molecule has 1 rings (SSSR count). The van der Waals surface area contributed by atoms with E-state index in [-0.39, 0.29) is 18.5 Å². The third-order valence-electron chi connectivity index (χ3n) is 14.6. The number of hydrogen-bond acceptors (Lipinski definition) is 10. The molecule has 76 heavy (non-hydrogen) atoms. The van der Waals surface area contributed by atoms with Gasteiger partial charge in [-0.1, -0.05) is 222 Å². The first-order valence-electron chi connectivity index (χ1n) is 31.6. The molecule has 0 aromatic carbocycles. The predicted octanol–water partition coefficient (Wildman–Crippen LogP) is 15.0. The van der Waals surface area contributed by atoms with E-state index in [0.29, 0.717) is 19.4 Å². The Bertz CT molecular complexity index is 1450. The Morgan fingerprint density at radius 3 is 1.38 bits per heavy atom.